The molecule has 0 saturated heterocycles. The van der Waals surface area contributed by atoms with Crippen molar-refractivity contribution in [1.82, 2.24) is 10.0 Å². The van der Waals surface area contributed by atoms with Gasteiger partial charge >= 0.3 is 0 Å². The summed E-state index contributed by atoms with van der Waals surface area (Å²) >= 11 is 0. The van der Waals surface area contributed by atoms with Crippen LogP contribution in [0.4, 0.5) is 0 Å². The molecule has 2 N–H and O–H groups in total. The molecule has 20 heavy (non-hydrogen) atoms. The number of hydrogen-bond acceptors (Lipinski definition) is 4. The summed E-state index contributed by atoms with van der Waals surface area (Å²) in [5.41, 5.74) is 0.985. The van der Waals surface area contributed by atoms with Crippen LogP contribution in [-0.2, 0) is 21.3 Å². The van der Waals surface area contributed by atoms with Gasteiger partial charge in [0.05, 0.1) is 11.5 Å². The van der Waals surface area contributed by atoms with Crippen molar-refractivity contribution in [1.29, 1.82) is 0 Å². The summed E-state index contributed by atoms with van der Waals surface area (Å²) in [5.74, 6) is 0. The zero-order valence-corrected chi connectivity index (χ0v) is 12.7. The summed E-state index contributed by atoms with van der Waals surface area (Å²) in [6.07, 6.45) is 2.43. The van der Waals surface area contributed by atoms with E-state index in [2.05, 4.69) is 10.0 Å². The van der Waals surface area contributed by atoms with E-state index >= 15 is 0 Å². The third-order valence-electron chi connectivity index (χ3n) is 3.15. The van der Waals surface area contributed by atoms with Crippen LogP contribution in [0.5, 0.6) is 0 Å². The van der Waals surface area contributed by atoms with Crippen molar-refractivity contribution >= 4 is 10.0 Å². The lowest BCUT2D eigenvalue weighted by molar-refractivity contribution is 0.180. The number of benzene rings is 1. The van der Waals surface area contributed by atoms with Crippen molar-refractivity contribution in [3.8, 4) is 0 Å². The second kappa shape index (κ2) is 6.67. The zero-order valence-electron chi connectivity index (χ0n) is 11.9. The van der Waals surface area contributed by atoms with E-state index < -0.39 is 10.0 Å². The van der Waals surface area contributed by atoms with E-state index in [1.165, 1.54) is 12.8 Å². The Balaban J connectivity index is 2.03. The molecular weight excluding hydrogens is 276 g/mol. The molecule has 1 fully saturated rings. The van der Waals surface area contributed by atoms with Crippen LogP contribution in [0, 0.1) is 0 Å². The molecule has 1 aromatic carbocycles. The van der Waals surface area contributed by atoms with Crippen LogP contribution in [-0.4, -0.2) is 34.2 Å². The molecule has 0 amide bonds. The fraction of sp³-hybridized carbons (Fsp3) is 0.571. The van der Waals surface area contributed by atoms with E-state index in [4.69, 9.17) is 4.74 Å². The topological polar surface area (TPSA) is 67.4 Å². The van der Waals surface area contributed by atoms with Crippen LogP contribution in [0.15, 0.2) is 29.2 Å². The lowest BCUT2D eigenvalue weighted by Crippen LogP contribution is -2.35. The minimum absolute atomic E-state index is 0.252. The lowest BCUT2D eigenvalue weighted by atomic mass is 10.2. The van der Waals surface area contributed by atoms with Gasteiger partial charge in [-0.05, 0) is 37.5 Å². The highest BCUT2D eigenvalue weighted by atomic mass is 32.2. The van der Waals surface area contributed by atoms with Gasteiger partial charge in [0.2, 0.25) is 10.0 Å². The maximum absolute atomic E-state index is 12.2. The Labute approximate surface area is 120 Å². The molecule has 1 saturated carbocycles. The molecule has 1 unspecified atom stereocenters. The van der Waals surface area contributed by atoms with Gasteiger partial charge in [-0.15, -0.1) is 0 Å². The highest BCUT2D eigenvalue weighted by Gasteiger charge is 2.21. The molecule has 1 atom stereocenters. The summed E-state index contributed by atoms with van der Waals surface area (Å²) in [7, 11) is -1.93. The van der Waals surface area contributed by atoms with E-state index in [0.717, 1.165) is 5.56 Å². The van der Waals surface area contributed by atoms with Crippen molar-refractivity contribution in [2.75, 3.05) is 13.7 Å². The maximum Gasteiger partial charge on any atom is 0.240 e. The van der Waals surface area contributed by atoms with Gasteiger partial charge in [-0.2, -0.15) is 0 Å². The van der Waals surface area contributed by atoms with Gasteiger partial charge in [-0.25, -0.2) is 13.1 Å². The van der Waals surface area contributed by atoms with Gasteiger partial charge in [-0.3, -0.25) is 0 Å². The first-order valence-electron chi connectivity index (χ1n) is 6.85. The average Bonchev–Trinajstić information content (AvgIpc) is 3.20. The number of methoxy groups -OCH3 is 1. The SMILES string of the molecule is COCC(C)NS(=O)(=O)c1cccc(CNC2CC2)c1. The Kier molecular flexibility index (Phi) is 5.15. The van der Waals surface area contributed by atoms with Crippen LogP contribution < -0.4 is 10.0 Å². The van der Waals surface area contributed by atoms with Crippen LogP contribution >= 0.6 is 0 Å². The summed E-state index contributed by atoms with van der Waals surface area (Å²) in [5, 5.41) is 3.38. The first-order chi connectivity index (χ1) is 9.51. The lowest BCUT2D eigenvalue weighted by Gasteiger charge is -2.14. The number of rotatable bonds is 8. The molecule has 0 radical (unpaired) electrons. The van der Waals surface area contributed by atoms with Crippen molar-refractivity contribution in [2.24, 2.45) is 0 Å². The second-order valence-electron chi connectivity index (χ2n) is 5.28. The van der Waals surface area contributed by atoms with Gasteiger partial charge < -0.3 is 10.1 Å². The van der Waals surface area contributed by atoms with Crippen molar-refractivity contribution < 1.29 is 13.2 Å². The standard InChI is InChI=1S/C14H22N2O3S/c1-11(10-19-2)16-20(17,18)14-5-3-4-12(8-14)9-15-13-6-7-13/h3-5,8,11,13,15-16H,6-7,9-10H2,1-2H3. The molecule has 0 aromatic heterocycles. The van der Waals surface area contributed by atoms with Crippen molar-refractivity contribution in [3.63, 3.8) is 0 Å². The predicted molar refractivity (Wildman–Crippen MR) is 78.0 cm³/mol. The zero-order chi connectivity index (χ0) is 14.6. The van der Waals surface area contributed by atoms with Crippen LogP contribution in [0.25, 0.3) is 0 Å². The van der Waals surface area contributed by atoms with E-state index in [-0.39, 0.29) is 6.04 Å². The molecule has 0 aliphatic heterocycles. The maximum atomic E-state index is 12.2. The van der Waals surface area contributed by atoms with Crippen molar-refractivity contribution in [2.45, 2.75) is 43.3 Å². The number of hydrogen-bond donors (Lipinski definition) is 2. The first-order valence-corrected chi connectivity index (χ1v) is 8.33. The molecule has 0 heterocycles. The van der Waals surface area contributed by atoms with E-state index in [1.807, 2.05) is 6.07 Å². The molecule has 0 spiro atoms. The molecular formula is C14H22N2O3S. The van der Waals surface area contributed by atoms with Gasteiger partial charge in [0.1, 0.15) is 0 Å². The van der Waals surface area contributed by atoms with Crippen LogP contribution in [0.3, 0.4) is 0 Å². The first kappa shape index (κ1) is 15.4. The molecule has 6 heteroatoms. The highest BCUT2D eigenvalue weighted by molar-refractivity contribution is 7.89. The largest absolute Gasteiger partial charge is 0.383 e. The highest BCUT2D eigenvalue weighted by Crippen LogP contribution is 2.20. The quantitative estimate of drug-likeness (QED) is 0.758. The smallest absolute Gasteiger partial charge is 0.240 e. The summed E-state index contributed by atoms with van der Waals surface area (Å²) < 4.78 is 32.0. The van der Waals surface area contributed by atoms with Gasteiger partial charge in [0.15, 0.2) is 0 Å². The Hall–Kier alpha value is -0.950. The molecule has 1 aromatic rings. The molecule has 0 bridgehead atoms. The molecule has 1 aliphatic carbocycles. The monoisotopic (exact) mass is 298 g/mol. The fourth-order valence-electron chi connectivity index (χ4n) is 1.99. The molecule has 5 nitrogen and oxygen atoms in total. The minimum atomic E-state index is -3.48. The molecule has 112 valence electrons. The molecule has 1 aliphatic rings. The van der Waals surface area contributed by atoms with Gasteiger partial charge in [0.25, 0.3) is 0 Å². The van der Waals surface area contributed by atoms with Crippen molar-refractivity contribution in [3.05, 3.63) is 29.8 Å². The van der Waals surface area contributed by atoms with Gasteiger partial charge in [0, 0.05) is 25.7 Å². The number of ether oxygens (including phenoxy) is 1. The summed E-state index contributed by atoms with van der Waals surface area (Å²) in [4.78, 5) is 0.301. The third-order valence-corrected chi connectivity index (χ3v) is 4.74. The van der Waals surface area contributed by atoms with E-state index in [1.54, 1.807) is 32.2 Å². The normalized spacial score (nSPS) is 17.1. The second-order valence-corrected chi connectivity index (χ2v) is 6.99. The van der Waals surface area contributed by atoms with Gasteiger partial charge in [-0.1, -0.05) is 12.1 Å². The summed E-state index contributed by atoms with van der Waals surface area (Å²) in [6.45, 7) is 2.84. The van der Waals surface area contributed by atoms with Crippen LogP contribution in [0.2, 0.25) is 0 Å². The van der Waals surface area contributed by atoms with E-state index in [9.17, 15) is 8.42 Å². The Morgan fingerprint density at radius 2 is 2.15 bits per heavy atom. The van der Waals surface area contributed by atoms with E-state index in [0.29, 0.717) is 24.1 Å². The summed E-state index contributed by atoms with van der Waals surface area (Å²) in [6, 6.07) is 7.40. The Morgan fingerprint density at radius 1 is 1.40 bits per heavy atom. The molecule has 2 rings (SSSR count). The number of nitrogens with one attached hydrogen (secondary N) is 2. The third kappa shape index (κ3) is 4.56. The Bertz CT molecular complexity index is 541. The average molecular weight is 298 g/mol. The predicted octanol–water partition coefficient (Wildman–Crippen LogP) is 1.25. The van der Waals surface area contributed by atoms with Crippen LogP contribution in [0.1, 0.15) is 25.3 Å². The minimum Gasteiger partial charge on any atom is -0.383 e. The number of sulfonamides is 1. The Morgan fingerprint density at radius 3 is 2.80 bits per heavy atom. The fourth-order valence-corrected chi connectivity index (χ4v) is 3.29.